The van der Waals surface area contributed by atoms with Gasteiger partial charge < -0.3 is 0 Å². The van der Waals surface area contributed by atoms with E-state index in [4.69, 9.17) is 0 Å². The predicted octanol–water partition coefficient (Wildman–Crippen LogP) is 2.32. The summed E-state index contributed by atoms with van der Waals surface area (Å²) in [5.41, 5.74) is 1.29. The van der Waals surface area contributed by atoms with E-state index in [9.17, 15) is 4.79 Å². The van der Waals surface area contributed by atoms with Crippen LogP contribution in [0.15, 0.2) is 30.3 Å². The molecule has 0 aliphatic carbocycles. The Labute approximate surface area is 67.2 Å². The smallest absolute Gasteiger partial charge is 0.184 e. The van der Waals surface area contributed by atoms with Crippen molar-refractivity contribution in [3.05, 3.63) is 35.9 Å². The summed E-state index contributed by atoms with van der Waals surface area (Å²) in [5.74, 6) is 0. The first kappa shape index (κ1) is 7.00. The van der Waals surface area contributed by atoms with Crippen LogP contribution < -0.4 is 0 Å². The summed E-state index contributed by atoms with van der Waals surface area (Å²) in [4.78, 5) is 11.4. The highest BCUT2D eigenvalue weighted by atomic mass is 31.1. The van der Waals surface area contributed by atoms with Gasteiger partial charge in [0.05, 0.1) is 0 Å². The highest BCUT2D eigenvalue weighted by molar-refractivity contribution is 7.81. The lowest BCUT2D eigenvalue weighted by atomic mass is 10.2. The zero-order chi connectivity index (χ0) is 7.68. The van der Waals surface area contributed by atoms with Crippen LogP contribution in [-0.4, -0.2) is 17.8 Å². The van der Waals surface area contributed by atoms with E-state index in [0.717, 1.165) is 17.9 Å². The number of carbonyl (C=O) groups excluding carboxylic acids is 1. The fraction of sp³-hybridized carbons (Fsp3) is 0.222. The van der Waals surface area contributed by atoms with Gasteiger partial charge in [0.25, 0.3) is 0 Å². The van der Waals surface area contributed by atoms with Crippen molar-refractivity contribution >= 4 is 13.4 Å². The lowest BCUT2D eigenvalue weighted by Crippen LogP contribution is -1.88. The van der Waals surface area contributed by atoms with Gasteiger partial charge in [-0.2, -0.15) is 0 Å². The topological polar surface area (TPSA) is 17.1 Å². The molecule has 2 rings (SSSR count). The maximum absolute atomic E-state index is 11.4. The lowest BCUT2D eigenvalue weighted by molar-refractivity contribution is 0.108. The van der Waals surface area contributed by atoms with Gasteiger partial charge in [-0.05, 0) is 20.2 Å². The molecule has 0 atom stereocenters. The van der Waals surface area contributed by atoms with Gasteiger partial charge >= 0.3 is 0 Å². The van der Waals surface area contributed by atoms with Crippen molar-refractivity contribution in [2.75, 3.05) is 12.3 Å². The van der Waals surface area contributed by atoms with Crippen molar-refractivity contribution in [3.63, 3.8) is 0 Å². The Morgan fingerprint density at radius 2 is 1.82 bits per heavy atom. The first-order valence-electron chi connectivity index (χ1n) is 3.72. The zero-order valence-electron chi connectivity index (χ0n) is 6.16. The van der Waals surface area contributed by atoms with Gasteiger partial charge in [0.15, 0.2) is 5.52 Å². The molecule has 0 radical (unpaired) electrons. The number of benzene rings is 1. The fourth-order valence-corrected chi connectivity index (χ4v) is 2.34. The van der Waals surface area contributed by atoms with Crippen LogP contribution in [0.2, 0.25) is 0 Å². The van der Waals surface area contributed by atoms with E-state index in [1.165, 1.54) is 0 Å². The molecular formula is C9H9OP. The Kier molecular flexibility index (Phi) is 1.75. The van der Waals surface area contributed by atoms with Crippen LogP contribution in [-0.2, 0) is 0 Å². The van der Waals surface area contributed by atoms with Crippen LogP contribution >= 0.6 is 7.92 Å². The highest BCUT2D eigenvalue weighted by Gasteiger charge is 2.29. The van der Waals surface area contributed by atoms with Crippen molar-refractivity contribution in [2.45, 2.75) is 0 Å². The van der Waals surface area contributed by atoms with E-state index in [-0.39, 0.29) is 7.92 Å². The molecule has 1 aliphatic heterocycles. The average molecular weight is 164 g/mol. The molecule has 11 heavy (non-hydrogen) atoms. The zero-order valence-corrected chi connectivity index (χ0v) is 7.05. The first-order chi connectivity index (χ1) is 5.38. The predicted molar refractivity (Wildman–Crippen MR) is 47.4 cm³/mol. The minimum Gasteiger partial charge on any atom is -0.289 e. The fourth-order valence-electron chi connectivity index (χ4n) is 1.02. The molecule has 1 aliphatic rings. The van der Waals surface area contributed by atoms with E-state index in [1.807, 2.05) is 30.3 Å². The Bertz CT molecular complexity index is 264. The SMILES string of the molecule is O=C(c1ccccc1)P1CC1. The lowest BCUT2D eigenvalue weighted by Gasteiger charge is -1.95. The van der Waals surface area contributed by atoms with Crippen LogP contribution in [0.1, 0.15) is 10.4 Å². The summed E-state index contributed by atoms with van der Waals surface area (Å²) in [7, 11) is -0.227. The largest absolute Gasteiger partial charge is 0.289 e. The molecule has 1 aromatic carbocycles. The molecule has 1 saturated heterocycles. The Morgan fingerprint density at radius 3 is 2.36 bits per heavy atom. The molecule has 0 unspecified atom stereocenters. The summed E-state index contributed by atoms with van der Waals surface area (Å²) in [6.45, 7) is 0. The monoisotopic (exact) mass is 164 g/mol. The van der Waals surface area contributed by atoms with E-state index >= 15 is 0 Å². The third-order valence-electron chi connectivity index (χ3n) is 1.76. The number of hydrogen-bond donors (Lipinski definition) is 0. The highest BCUT2D eigenvalue weighted by Crippen LogP contribution is 2.52. The second-order valence-corrected chi connectivity index (χ2v) is 5.04. The molecule has 0 spiro atoms. The second kappa shape index (κ2) is 2.75. The van der Waals surface area contributed by atoms with E-state index in [1.54, 1.807) is 0 Å². The molecule has 56 valence electrons. The van der Waals surface area contributed by atoms with Gasteiger partial charge in [-0.25, -0.2) is 0 Å². The van der Waals surface area contributed by atoms with E-state index in [2.05, 4.69) is 0 Å². The first-order valence-corrected chi connectivity index (χ1v) is 5.43. The third-order valence-corrected chi connectivity index (χ3v) is 3.48. The van der Waals surface area contributed by atoms with Gasteiger partial charge in [0, 0.05) is 5.56 Å². The van der Waals surface area contributed by atoms with Crippen molar-refractivity contribution in [3.8, 4) is 0 Å². The van der Waals surface area contributed by atoms with Crippen molar-refractivity contribution in [2.24, 2.45) is 0 Å². The molecule has 1 heterocycles. The van der Waals surface area contributed by atoms with Gasteiger partial charge in [-0.15, -0.1) is 0 Å². The van der Waals surface area contributed by atoms with Crippen LogP contribution in [0, 0.1) is 0 Å². The minimum atomic E-state index is -0.227. The molecular weight excluding hydrogens is 155 g/mol. The summed E-state index contributed by atoms with van der Waals surface area (Å²) in [5, 5.41) is 0. The standard InChI is InChI=1S/C9H9OP/c10-9(11-6-7-11)8-4-2-1-3-5-8/h1-5H,6-7H2. The average Bonchev–Trinajstić information content (AvgIpc) is 2.87. The molecule has 0 aromatic heterocycles. The normalized spacial score (nSPS) is 16.4. The molecule has 2 heteroatoms. The second-order valence-electron chi connectivity index (χ2n) is 2.66. The Hall–Kier alpha value is -0.680. The summed E-state index contributed by atoms with van der Waals surface area (Å²) in [6, 6.07) is 9.60. The molecule has 0 amide bonds. The van der Waals surface area contributed by atoms with Crippen molar-refractivity contribution in [1.82, 2.24) is 0 Å². The maximum Gasteiger partial charge on any atom is 0.184 e. The van der Waals surface area contributed by atoms with Crippen molar-refractivity contribution < 1.29 is 4.79 Å². The summed E-state index contributed by atoms with van der Waals surface area (Å²) >= 11 is 0. The quantitative estimate of drug-likeness (QED) is 0.613. The molecule has 1 nitrogen and oxygen atoms in total. The number of carbonyl (C=O) groups is 1. The van der Waals surface area contributed by atoms with Crippen molar-refractivity contribution in [1.29, 1.82) is 0 Å². The maximum atomic E-state index is 11.4. The molecule has 0 saturated carbocycles. The van der Waals surface area contributed by atoms with Crippen LogP contribution in [0.4, 0.5) is 0 Å². The molecule has 1 aromatic rings. The minimum absolute atomic E-state index is 0.227. The van der Waals surface area contributed by atoms with Gasteiger partial charge in [0.2, 0.25) is 0 Å². The van der Waals surface area contributed by atoms with Gasteiger partial charge in [-0.1, -0.05) is 30.3 Å². The molecule has 0 bridgehead atoms. The van der Waals surface area contributed by atoms with Crippen LogP contribution in [0.25, 0.3) is 0 Å². The van der Waals surface area contributed by atoms with Gasteiger partial charge in [-0.3, -0.25) is 4.79 Å². The van der Waals surface area contributed by atoms with Gasteiger partial charge in [0.1, 0.15) is 0 Å². The molecule has 1 fully saturated rings. The van der Waals surface area contributed by atoms with Crippen LogP contribution in [0.5, 0.6) is 0 Å². The summed E-state index contributed by atoms with van der Waals surface area (Å²) < 4.78 is 0. The van der Waals surface area contributed by atoms with E-state index in [0.29, 0.717) is 5.52 Å². The van der Waals surface area contributed by atoms with Crippen LogP contribution in [0.3, 0.4) is 0 Å². The number of hydrogen-bond acceptors (Lipinski definition) is 1. The number of rotatable bonds is 2. The Balaban J connectivity index is 2.22. The third kappa shape index (κ3) is 1.49. The molecule has 0 N–H and O–H groups in total. The Morgan fingerprint density at radius 1 is 1.18 bits per heavy atom. The van der Waals surface area contributed by atoms with E-state index < -0.39 is 0 Å². The summed E-state index contributed by atoms with van der Waals surface area (Å²) in [6.07, 6.45) is 2.31.